The lowest BCUT2D eigenvalue weighted by Crippen LogP contribution is -2.01. The van der Waals surface area contributed by atoms with Gasteiger partial charge in [0.15, 0.2) is 0 Å². The van der Waals surface area contributed by atoms with E-state index in [1.807, 2.05) is 25.4 Å². The van der Waals surface area contributed by atoms with Gasteiger partial charge in [0.05, 0.1) is 18.6 Å². The zero-order valence-corrected chi connectivity index (χ0v) is 10.8. The van der Waals surface area contributed by atoms with Crippen LogP contribution in [0, 0.1) is 25.7 Å². The van der Waals surface area contributed by atoms with Crippen molar-refractivity contribution in [3.05, 3.63) is 53.1 Å². The highest BCUT2D eigenvalue weighted by Gasteiger charge is 2.02. The third-order valence-electron chi connectivity index (χ3n) is 2.96. The van der Waals surface area contributed by atoms with Crippen LogP contribution in [0.2, 0.25) is 0 Å². The van der Waals surface area contributed by atoms with Gasteiger partial charge in [0, 0.05) is 17.8 Å². The van der Waals surface area contributed by atoms with Crippen molar-refractivity contribution in [1.29, 1.82) is 0 Å². The topological polar surface area (TPSA) is 43.8 Å². The number of benzene rings is 1. The fourth-order valence-corrected chi connectivity index (χ4v) is 1.80. The van der Waals surface area contributed by atoms with E-state index in [1.165, 1.54) is 11.3 Å². The molecule has 18 heavy (non-hydrogen) atoms. The molecule has 0 aliphatic carbocycles. The molecule has 0 aliphatic heterocycles. The summed E-state index contributed by atoms with van der Waals surface area (Å²) < 4.78 is 2.14. The quantitative estimate of drug-likeness (QED) is 0.813. The van der Waals surface area contributed by atoms with Crippen molar-refractivity contribution >= 4 is 0 Å². The lowest BCUT2D eigenvalue weighted by molar-refractivity contribution is 0.768. The van der Waals surface area contributed by atoms with E-state index in [-0.39, 0.29) is 0 Å². The molecule has 0 bridgehead atoms. The summed E-state index contributed by atoms with van der Waals surface area (Å²) in [5.41, 5.74) is 9.88. The van der Waals surface area contributed by atoms with Crippen molar-refractivity contribution in [2.45, 2.75) is 20.4 Å². The summed E-state index contributed by atoms with van der Waals surface area (Å²) in [4.78, 5) is 4.30. The molecular formula is C15H17N3. The van der Waals surface area contributed by atoms with E-state index >= 15 is 0 Å². The number of aryl methyl sites for hydroxylation is 1. The predicted octanol–water partition coefficient (Wildman–Crippen LogP) is 1.86. The third kappa shape index (κ3) is 2.79. The van der Waals surface area contributed by atoms with Crippen molar-refractivity contribution in [3.63, 3.8) is 0 Å². The first-order chi connectivity index (χ1) is 8.70. The molecular weight excluding hydrogens is 222 g/mol. The Hall–Kier alpha value is -2.05. The van der Waals surface area contributed by atoms with E-state index in [2.05, 4.69) is 40.4 Å². The molecule has 2 aromatic rings. The molecule has 0 amide bonds. The fraction of sp³-hybridized carbons (Fsp3) is 0.267. The van der Waals surface area contributed by atoms with Crippen molar-refractivity contribution in [3.8, 4) is 11.8 Å². The summed E-state index contributed by atoms with van der Waals surface area (Å²) in [6, 6.07) is 8.22. The van der Waals surface area contributed by atoms with Crippen molar-refractivity contribution in [2.24, 2.45) is 5.73 Å². The van der Waals surface area contributed by atoms with Crippen LogP contribution in [0.1, 0.15) is 22.5 Å². The Kier molecular flexibility index (Phi) is 3.81. The van der Waals surface area contributed by atoms with Gasteiger partial charge in [-0.05, 0) is 31.5 Å². The first kappa shape index (κ1) is 12.4. The predicted molar refractivity (Wildman–Crippen MR) is 73.2 cm³/mol. The number of imidazole rings is 1. The van der Waals surface area contributed by atoms with E-state index in [1.54, 1.807) is 0 Å². The Labute approximate surface area is 108 Å². The maximum absolute atomic E-state index is 5.37. The molecule has 2 N–H and O–H groups in total. The van der Waals surface area contributed by atoms with Gasteiger partial charge in [-0.15, -0.1) is 0 Å². The van der Waals surface area contributed by atoms with Gasteiger partial charge in [0.25, 0.3) is 0 Å². The maximum Gasteiger partial charge on any atom is 0.0954 e. The Bertz CT molecular complexity index is 600. The molecule has 0 saturated heterocycles. The minimum absolute atomic E-state index is 0.393. The molecule has 0 unspecified atom stereocenters. The van der Waals surface area contributed by atoms with Crippen LogP contribution in [0.25, 0.3) is 0 Å². The molecule has 0 saturated carbocycles. The van der Waals surface area contributed by atoms with E-state index < -0.39 is 0 Å². The largest absolute Gasteiger partial charge is 0.330 e. The smallest absolute Gasteiger partial charge is 0.0954 e. The van der Waals surface area contributed by atoms with Crippen LogP contribution >= 0.6 is 0 Å². The molecule has 3 nitrogen and oxygen atoms in total. The average molecular weight is 239 g/mol. The van der Waals surface area contributed by atoms with Crippen molar-refractivity contribution in [1.82, 2.24) is 9.55 Å². The molecule has 1 heterocycles. The number of nitrogens with zero attached hydrogens (tertiary/aromatic N) is 2. The Morgan fingerprint density at radius 1 is 1.33 bits per heavy atom. The van der Waals surface area contributed by atoms with Crippen LogP contribution in [0.3, 0.4) is 0 Å². The van der Waals surface area contributed by atoms with E-state index in [9.17, 15) is 0 Å². The van der Waals surface area contributed by atoms with Crippen molar-refractivity contribution < 1.29 is 0 Å². The highest BCUT2D eigenvalue weighted by atomic mass is 15.0. The Morgan fingerprint density at radius 3 is 2.83 bits per heavy atom. The minimum Gasteiger partial charge on any atom is -0.330 e. The number of rotatable bonds is 2. The average Bonchev–Trinajstić information content (AvgIpc) is 2.69. The second kappa shape index (κ2) is 5.52. The summed E-state index contributed by atoms with van der Waals surface area (Å²) in [5.74, 6) is 5.92. The number of aromatic nitrogens is 2. The zero-order valence-electron chi connectivity index (χ0n) is 10.8. The van der Waals surface area contributed by atoms with Gasteiger partial charge in [0.2, 0.25) is 0 Å². The Balaban J connectivity index is 2.22. The zero-order chi connectivity index (χ0) is 13.0. The van der Waals surface area contributed by atoms with Crippen LogP contribution in [-0.2, 0) is 6.54 Å². The lowest BCUT2D eigenvalue weighted by atomic mass is 10.1. The van der Waals surface area contributed by atoms with E-state index in [0.717, 1.165) is 17.8 Å². The summed E-state index contributed by atoms with van der Waals surface area (Å²) in [6.07, 6.45) is 1.88. The van der Waals surface area contributed by atoms with Gasteiger partial charge in [-0.3, -0.25) is 0 Å². The van der Waals surface area contributed by atoms with Gasteiger partial charge in [-0.1, -0.05) is 24.0 Å². The molecule has 3 heteroatoms. The second-order valence-corrected chi connectivity index (χ2v) is 4.25. The minimum atomic E-state index is 0.393. The standard InChI is InChI=1S/C15H17N3/c1-12-13(2)18(11-17-12)10-15-6-3-5-14(9-15)7-4-8-16/h3,5-6,9,11H,8,10,16H2,1-2H3. The summed E-state index contributed by atoms with van der Waals surface area (Å²) in [6.45, 7) is 5.32. The maximum atomic E-state index is 5.37. The highest BCUT2D eigenvalue weighted by Crippen LogP contribution is 2.10. The van der Waals surface area contributed by atoms with Crippen LogP contribution in [0.5, 0.6) is 0 Å². The van der Waals surface area contributed by atoms with Gasteiger partial charge in [-0.2, -0.15) is 0 Å². The molecule has 0 spiro atoms. The van der Waals surface area contributed by atoms with E-state index in [0.29, 0.717) is 6.54 Å². The van der Waals surface area contributed by atoms with Gasteiger partial charge < -0.3 is 10.3 Å². The summed E-state index contributed by atoms with van der Waals surface area (Å²) in [7, 11) is 0. The molecule has 0 fully saturated rings. The summed E-state index contributed by atoms with van der Waals surface area (Å²) >= 11 is 0. The van der Waals surface area contributed by atoms with E-state index in [4.69, 9.17) is 5.73 Å². The second-order valence-electron chi connectivity index (χ2n) is 4.25. The highest BCUT2D eigenvalue weighted by molar-refractivity contribution is 5.37. The lowest BCUT2D eigenvalue weighted by Gasteiger charge is -2.06. The third-order valence-corrected chi connectivity index (χ3v) is 2.96. The number of hydrogen-bond acceptors (Lipinski definition) is 2. The monoisotopic (exact) mass is 239 g/mol. The van der Waals surface area contributed by atoms with Crippen LogP contribution in [-0.4, -0.2) is 16.1 Å². The Morgan fingerprint density at radius 2 is 2.17 bits per heavy atom. The SMILES string of the molecule is Cc1ncn(Cc2cccc(C#CCN)c2)c1C. The van der Waals surface area contributed by atoms with Gasteiger partial charge in [-0.25, -0.2) is 4.98 Å². The van der Waals surface area contributed by atoms with Crippen LogP contribution in [0.15, 0.2) is 30.6 Å². The molecule has 1 aromatic heterocycles. The molecule has 0 radical (unpaired) electrons. The number of hydrogen-bond donors (Lipinski definition) is 1. The first-order valence-electron chi connectivity index (χ1n) is 5.97. The molecule has 1 aromatic carbocycles. The van der Waals surface area contributed by atoms with Gasteiger partial charge in [0.1, 0.15) is 0 Å². The normalized spacial score (nSPS) is 9.94. The first-order valence-corrected chi connectivity index (χ1v) is 5.97. The van der Waals surface area contributed by atoms with Crippen LogP contribution < -0.4 is 5.73 Å². The number of nitrogens with two attached hydrogens (primary N) is 1. The van der Waals surface area contributed by atoms with Crippen LogP contribution in [0.4, 0.5) is 0 Å². The summed E-state index contributed by atoms with van der Waals surface area (Å²) in [5, 5.41) is 0. The molecule has 2 rings (SSSR count). The molecule has 0 atom stereocenters. The van der Waals surface area contributed by atoms with Crippen molar-refractivity contribution in [2.75, 3.05) is 6.54 Å². The van der Waals surface area contributed by atoms with Gasteiger partial charge >= 0.3 is 0 Å². The molecule has 92 valence electrons. The fourth-order valence-electron chi connectivity index (χ4n) is 1.80. The molecule has 0 aliphatic rings.